The maximum absolute atomic E-state index is 5.98. The average molecular weight is 253 g/mol. The molecule has 18 heavy (non-hydrogen) atoms. The van der Waals surface area contributed by atoms with Crippen LogP contribution in [-0.2, 0) is 4.74 Å². The van der Waals surface area contributed by atoms with Crippen molar-refractivity contribution in [3.8, 4) is 0 Å². The molecule has 0 aromatic rings. The Morgan fingerprint density at radius 1 is 1.28 bits per heavy atom. The van der Waals surface area contributed by atoms with Crippen molar-refractivity contribution in [2.75, 3.05) is 19.7 Å². The lowest BCUT2D eigenvalue weighted by molar-refractivity contribution is -0.0266. The Hall–Kier alpha value is -0.0800. The fraction of sp³-hybridized carbons (Fsp3) is 1.00. The second-order valence-corrected chi connectivity index (χ2v) is 7.43. The first-order valence-electron chi connectivity index (χ1n) is 7.80. The highest BCUT2D eigenvalue weighted by atomic mass is 16.5. The van der Waals surface area contributed by atoms with Crippen LogP contribution in [-0.4, -0.2) is 25.3 Å². The first-order valence-corrected chi connectivity index (χ1v) is 7.80. The van der Waals surface area contributed by atoms with Crippen LogP contribution in [0.3, 0.4) is 0 Å². The third-order valence-corrected chi connectivity index (χ3v) is 4.96. The van der Waals surface area contributed by atoms with E-state index in [1.54, 1.807) is 0 Å². The molecule has 0 aliphatic heterocycles. The molecule has 2 aliphatic rings. The summed E-state index contributed by atoms with van der Waals surface area (Å²) in [6.07, 6.45) is 7.13. The topological polar surface area (TPSA) is 21.3 Å². The minimum absolute atomic E-state index is 0.0109. The van der Waals surface area contributed by atoms with Crippen molar-refractivity contribution < 1.29 is 4.74 Å². The summed E-state index contributed by atoms with van der Waals surface area (Å²) in [5.41, 5.74) is 0.557. The monoisotopic (exact) mass is 253 g/mol. The fourth-order valence-electron chi connectivity index (χ4n) is 4.10. The molecule has 0 amide bonds. The van der Waals surface area contributed by atoms with Crippen LogP contribution in [0.2, 0.25) is 0 Å². The Kier molecular flexibility index (Phi) is 4.38. The second-order valence-electron chi connectivity index (χ2n) is 7.43. The van der Waals surface area contributed by atoms with E-state index in [0.29, 0.717) is 5.41 Å². The molecule has 2 saturated carbocycles. The SMILES string of the molecule is CCNCC1(CCOC(C)(C)C)CC2CCC1C2. The van der Waals surface area contributed by atoms with Crippen molar-refractivity contribution in [1.82, 2.24) is 5.32 Å². The Bertz CT molecular complexity index is 271. The van der Waals surface area contributed by atoms with Gasteiger partial charge in [-0.1, -0.05) is 13.3 Å². The van der Waals surface area contributed by atoms with Gasteiger partial charge in [0.15, 0.2) is 0 Å². The number of rotatable bonds is 6. The minimum Gasteiger partial charge on any atom is -0.376 e. The highest BCUT2D eigenvalue weighted by Gasteiger charge is 2.50. The van der Waals surface area contributed by atoms with Gasteiger partial charge in [0.25, 0.3) is 0 Å². The van der Waals surface area contributed by atoms with Crippen LogP contribution < -0.4 is 5.32 Å². The van der Waals surface area contributed by atoms with Gasteiger partial charge in [0.05, 0.1) is 5.60 Å². The summed E-state index contributed by atoms with van der Waals surface area (Å²) in [5, 5.41) is 3.61. The van der Waals surface area contributed by atoms with Gasteiger partial charge < -0.3 is 10.1 Å². The third-order valence-electron chi connectivity index (χ3n) is 4.96. The number of ether oxygens (including phenoxy) is 1. The van der Waals surface area contributed by atoms with Crippen LogP contribution in [0.15, 0.2) is 0 Å². The van der Waals surface area contributed by atoms with Gasteiger partial charge in [-0.2, -0.15) is 0 Å². The summed E-state index contributed by atoms with van der Waals surface area (Å²) in [7, 11) is 0. The molecule has 0 heterocycles. The van der Waals surface area contributed by atoms with E-state index >= 15 is 0 Å². The summed E-state index contributed by atoms with van der Waals surface area (Å²) < 4.78 is 5.98. The summed E-state index contributed by atoms with van der Waals surface area (Å²) >= 11 is 0. The van der Waals surface area contributed by atoms with E-state index in [1.165, 1.54) is 38.6 Å². The molecule has 2 bridgehead atoms. The molecule has 1 N–H and O–H groups in total. The number of nitrogens with one attached hydrogen (secondary N) is 1. The quantitative estimate of drug-likeness (QED) is 0.781. The van der Waals surface area contributed by atoms with Gasteiger partial charge in [-0.05, 0) is 70.3 Å². The maximum Gasteiger partial charge on any atom is 0.0598 e. The van der Waals surface area contributed by atoms with Gasteiger partial charge >= 0.3 is 0 Å². The van der Waals surface area contributed by atoms with Gasteiger partial charge in [0, 0.05) is 13.2 Å². The zero-order valence-electron chi connectivity index (χ0n) is 12.7. The first kappa shape index (κ1) is 14.3. The van der Waals surface area contributed by atoms with E-state index in [9.17, 15) is 0 Å². The van der Waals surface area contributed by atoms with E-state index in [2.05, 4.69) is 33.0 Å². The highest BCUT2D eigenvalue weighted by Crippen LogP contribution is 2.57. The first-order chi connectivity index (χ1) is 8.45. The molecular weight excluding hydrogens is 222 g/mol. The van der Waals surface area contributed by atoms with Gasteiger partial charge in [0.2, 0.25) is 0 Å². The van der Waals surface area contributed by atoms with Crippen LogP contribution in [0.1, 0.15) is 59.8 Å². The van der Waals surface area contributed by atoms with Crippen molar-refractivity contribution in [2.45, 2.75) is 65.4 Å². The molecule has 2 heteroatoms. The highest BCUT2D eigenvalue weighted by molar-refractivity contribution is 5.01. The molecule has 0 saturated heterocycles. The third kappa shape index (κ3) is 3.27. The molecule has 2 fully saturated rings. The number of hydrogen-bond acceptors (Lipinski definition) is 2. The lowest BCUT2D eigenvalue weighted by Gasteiger charge is -2.39. The van der Waals surface area contributed by atoms with E-state index in [4.69, 9.17) is 4.74 Å². The largest absolute Gasteiger partial charge is 0.376 e. The van der Waals surface area contributed by atoms with Crippen LogP contribution in [0.5, 0.6) is 0 Å². The summed E-state index contributed by atoms with van der Waals surface area (Å²) in [6.45, 7) is 11.9. The minimum atomic E-state index is 0.0109. The summed E-state index contributed by atoms with van der Waals surface area (Å²) in [4.78, 5) is 0. The standard InChI is InChI=1S/C16H31NO/c1-5-17-12-16(8-9-18-15(2,3)4)11-13-6-7-14(16)10-13/h13-14,17H,5-12H2,1-4H3. The van der Waals surface area contributed by atoms with Crippen molar-refractivity contribution in [2.24, 2.45) is 17.3 Å². The second kappa shape index (κ2) is 5.50. The Labute approximate surface area is 113 Å². The maximum atomic E-state index is 5.98. The molecule has 0 spiro atoms. The van der Waals surface area contributed by atoms with Crippen LogP contribution >= 0.6 is 0 Å². The van der Waals surface area contributed by atoms with E-state index in [-0.39, 0.29) is 5.60 Å². The van der Waals surface area contributed by atoms with Crippen molar-refractivity contribution in [3.63, 3.8) is 0 Å². The molecule has 3 unspecified atom stereocenters. The van der Waals surface area contributed by atoms with Crippen molar-refractivity contribution in [3.05, 3.63) is 0 Å². The lowest BCUT2D eigenvalue weighted by Crippen LogP contribution is -2.40. The molecule has 2 rings (SSSR count). The van der Waals surface area contributed by atoms with E-state index in [0.717, 1.165) is 25.0 Å². The van der Waals surface area contributed by atoms with E-state index < -0.39 is 0 Å². The van der Waals surface area contributed by atoms with Crippen LogP contribution in [0.25, 0.3) is 0 Å². The summed E-state index contributed by atoms with van der Waals surface area (Å²) in [6, 6.07) is 0. The fourth-order valence-corrected chi connectivity index (χ4v) is 4.10. The van der Waals surface area contributed by atoms with Crippen molar-refractivity contribution in [1.29, 1.82) is 0 Å². The average Bonchev–Trinajstić information content (AvgIpc) is 2.85. The zero-order valence-corrected chi connectivity index (χ0v) is 12.7. The predicted octanol–water partition coefficient (Wildman–Crippen LogP) is 3.61. The normalized spacial score (nSPS) is 35.3. The Morgan fingerprint density at radius 2 is 2.06 bits per heavy atom. The molecule has 0 aromatic carbocycles. The number of fused-ring (bicyclic) bond motifs is 2. The molecule has 0 aromatic heterocycles. The van der Waals surface area contributed by atoms with Gasteiger partial charge in [-0.15, -0.1) is 0 Å². The van der Waals surface area contributed by atoms with Gasteiger partial charge in [-0.25, -0.2) is 0 Å². The smallest absolute Gasteiger partial charge is 0.0598 e. The molecule has 2 aliphatic carbocycles. The molecule has 3 atom stereocenters. The molecular formula is C16H31NO. The zero-order chi connectivity index (χ0) is 13.2. The lowest BCUT2D eigenvalue weighted by atomic mass is 9.71. The number of hydrogen-bond donors (Lipinski definition) is 1. The van der Waals surface area contributed by atoms with Crippen LogP contribution in [0.4, 0.5) is 0 Å². The van der Waals surface area contributed by atoms with Gasteiger partial charge in [-0.3, -0.25) is 0 Å². The molecule has 106 valence electrons. The van der Waals surface area contributed by atoms with Gasteiger partial charge in [0.1, 0.15) is 0 Å². The molecule has 2 nitrogen and oxygen atoms in total. The molecule has 0 radical (unpaired) electrons. The predicted molar refractivity (Wildman–Crippen MR) is 76.7 cm³/mol. The summed E-state index contributed by atoms with van der Waals surface area (Å²) in [5.74, 6) is 1.98. The Balaban J connectivity index is 1.90. The van der Waals surface area contributed by atoms with Crippen LogP contribution in [0, 0.1) is 17.3 Å². The van der Waals surface area contributed by atoms with E-state index in [1.807, 2.05) is 0 Å². The Morgan fingerprint density at radius 3 is 2.56 bits per heavy atom. The van der Waals surface area contributed by atoms with Crippen molar-refractivity contribution >= 4 is 0 Å².